The van der Waals surface area contributed by atoms with E-state index >= 15 is 0 Å². The lowest BCUT2D eigenvalue weighted by atomic mass is 9.84. The molecule has 0 radical (unpaired) electrons. The standard InChI is InChI=1S/C22H14N6O2/c29-15-3-4-16-17(10-15)30-22-19(18(16)14-2-1-7-24-11-14)21-26-20(27-28(21)12-25-22)13-5-8-23-9-6-13/h1-12,18,29H/t18-/m0/s1. The van der Waals surface area contributed by atoms with E-state index in [4.69, 9.17) is 9.72 Å². The van der Waals surface area contributed by atoms with Crippen LogP contribution < -0.4 is 4.74 Å². The van der Waals surface area contributed by atoms with Crippen molar-refractivity contribution >= 4 is 5.65 Å². The van der Waals surface area contributed by atoms with E-state index in [1.807, 2.05) is 36.5 Å². The van der Waals surface area contributed by atoms with Gasteiger partial charge in [0.1, 0.15) is 17.8 Å². The number of benzene rings is 1. The Bertz CT molecular complexity index is 1390. The molecule has 1 N–H and O–H groups in total. The van der Waals surface area contributed by atoms with Crippen LogP contribution in [0.1, 0.15) is 22.6 Å². The fourth-order valence-electron chi connectivity index (χ4n) is 3.82. The molecule has 8 heteroatoms. The lowest BCUT2D eigenvalue weighted by molar-refractivity contribution is 0.422. The summed E-state index contributed by atoms with van der Waals surface area (Å²) in [7, 11) is 0. The summed E-state index contributed by atoms with van der Waals surface area (Å²) in [6, 6.07) is 12.7. The summed E-state index contributed by atoms with van der Waals surface area (Å²) >= 11 is 0. The van der Waals surface area contributed by atoms with Crippen LogP contribution in [-0.4, -0.2) is 34.7 Å². The molecule has 0 unspecified atom stereocenters. The highest BCUT2D eigenvalue weighted by molar-refractivity contribution is 5.68. The molecule has 1 aliphatic heterocycles. The fraction of sp³-hybridized carbons (Fsp3) is 0.0455. The topological polar surface area (TPSA) is 98.3 Å². The summed E-state index contributed by atoms with van der Waals surface area (Å²) in [5, 5.41) is 14.5. The van der Waals surface area contributed by atoms with Gasteiger partial charge < -0.3 is 9.84 Å². The normalized spacial score (nSPS) is 14.7. The minimum absolute atomic E-state index is 0.130. The average molecular weight is 394 g/mol. The highest BCUT2D eigenvalue weighted by atomic mass is 16.5. The highest BCUT2D eigenvalue weighted by Crippen LogP contribution is 2.48. The molecule has 4 aromatic heterocycles. The van der Waals surface area contributed by atoms with Crippen molar-refractivity contribution in [2.24, 2.45) is 0 Å². The number of phenolic OH excluding ortho intramolecular Hbond substituents is 1. The summed E-state index contributed by atoms with van der Waals surface area (Å²) in [4.78, 5) is 17.6. The number of hydrogen-bond acceptors (Lipinski definition) is 7. The maximum Gasteiger partial charge on any atom is 0.228 e. The van der Waals surface area contributed by atoms with Gasteiger partial charge in [-0.25, -0.2) is 14.5 Å². The first-order chi connectivity index (χ1) is 14.8. The largest absolute Gasteiger partial charge is 0.508 e. The molecule has 144 valence electrons. The summed E-state index contributed by atoms with van der Waals surface area (Å²) in [5.74, 6) is 1.48. The van der Waals surface area contributed by atoms with Gasteiger partial charge in [0.2, 0.25) is 5.88 Å². The number of fused-ring (bicyclic) bond motifs is 4. The van der Waals surface area contributed by atoms with Gasteiger partial charge in [0, 0.05) is 47.9 Å². The Morgan fingerprint density at radius 2 is 1.90 bits per heavy atom. The Morgan fingerprint density at radius 1 is 1.00 bits per heavy atom. The molecular formula is C22H14N6O2. The third kappa shape index (κ3) is 2.51. The zero-order valence-corrected chi connectivity index (χ0v) is 15.5. The number of ether oxygens (including phenoxy) is 1. The Morgan fingerprint density at radius 3 is 2.73 bits per heavy atom. The zero-order chi connectivity index (χ0) is 20.1. The van der Waals surface area contributed by atoms with Crippen LogP contribution in [0.5, 0.6) is 17.4 Å². The van der Waals surface area contributed by atoms with Gasteiger partial charge in [0.05, 0.1) is 5.56 Å². The molecule has 1 aliphatic rings. The summed E-state index contributed by atoms with van der Waals surface area (Å²) in [5.41, 5.74) is 4.19. The smallest absolute Gasteiger partial charge is 0.228 e. The van der Waals surface area contributed by atoms with Crippen molar-refractivity contribution in [2.45, 2.75) is 5.92 Å². The number of aromatic nitrogens is 6. The van der Waals surface area contributed by atoms with Crippen LogP contribution in [0.25, 0.3) is 17.0 Å². The maximum atomic E-state index is 9.95. The van der Waals surface area contributed by atoms with Gasteiger partial charge >= 0.3 is 0 Å². The lowest BCUT2D eigenvalue weighted by Gasteiger charge is -2.27. The van der Waals surface area contributed by atoms with Crippen LogP contribution in [0, 0.1) is 0 Å². The van der Waals surface area contributed by atoms with Gasteiger partial charge in [-0.05, 0) is 29.8 Å². The second kappa shape index (κ2) is 6.35. The van der Waals surface area contributed by atoms with E-state index in [-0.39, 0.29) is 11.7 Å². The Labute approximate surface area is 170 Å². The third-order valence-electron chi connectivity index (χ3n) is 5.15. The van der Waals surface area contributed by atoms with Crippen LogP contribution in [-0.2, 0) is 0 Å². The van der Waals surface area contributed by atoms with E-state index in [9.17, 15) is 5.11 Å². The average Bonchev–Trinajstić information content (AvgIpc) is 3.23. The minimum atomic E-state index is -0.219. The minimum Gasteiger partial charge on any atom is -0.508 e. The third-order valence-corrected chi connectivity index (χ3v) is 5.15. The molecule has 0 bridgehead atoms. The number of nitrogens with zero attached hydrogens (tertiary/aromatic N) is 6. The highest BCUT2D eigenvalue weighted by Gasteiger charge is 2.33. The molecule has 0 spiro atoms. The van der Waals surface area contributed by atoms with Crippen molar-refractivity contribution in [1.29, 1.82) is 0 Å². The molecule has 8 nitrogen and oxygen atoms in total. The molecule has 6 rings (SSSR count). The number of hydrogen-bond donors (Lipinski definition) is 1. The van der Waals surface area contributed by atoms with Crippen molar-refractivity contribution in [3.8, 4) is 28.8 Å². The summed E-state index contributed by atoms with van der Waals surface area (Å²) < 4.78 is 7.71. The number of pyridine rings is 2. The van der Waals surface area contributed by atoms with Crippen molar-refractivity contribution in [1.82, 2.24) is 29.5 Å². The van der Waals surface area contributed by atoms with Crippen LogP contribution in [0.2, 0.25) is 0 Å². The molecule has 0 aliphatic carbocycles. The molecule has 0 saturated heterocycles. The van der Waals surface area contributed by atoms with Crippen LogP contribution in [0.3, 0.4) is 0 Å². The van der Waals surface area contributed by atoms with E-state index in [1.165, 1.54) is 0 Å². The predicted molar refractivity (Wildman–Crippen MR) is 107 cm³/mol. The Hall–Kier alpha value is -4.33. The van der Waals surface area contributed by atoms with Crippen molar-refractivity contribution < 1.29 is 9.84 Å². The second-order valence-electron chi connectivity index (χ2n) is 6.95. The van der Waals surface area contributed by atoms with Gasteiger partial charge in [-0.3, -0.25) is 9.97 Å². The van der Waals surface area contributed by atoms with Gasteiger partial charge in [-0.15, -0.1) is 5.10 Å². The monoisotopic (exact) mass is 394 g/mol. The van der Waals surface area contributed by atoms with Crippen LogP contribution in [0.15, 0.2) is 73.6 Å². The Balaban J connectivity index is 1.63. The van der Waals surface area contributed by atoms with E-state index in [0.29, 0.717) is 23.1 Å². The van der Waals surface area contributed by atoms with Gasteiger partial charge in [-0.1, -0.05) is 12.1 Å². The first-order valence-corrected chi connectivity index (χ1v) is 9.34. The van der Waals surface area contributed by atoms with Crippen molar-refractivity contribution in [3.63, 3.8) is 0 Å². The maximum absolute atomic E-state index is 9.95. The Kier molecular flexibility index (Phi) is 3.51. The van der Waals surface area contributed by atoms with E-state index < -0.39 is 0 Å². The van der Waals surface area contributed by atoms with E-state index in [2.05, 4.69) is 20.1 Å². The SMILES string of the molecule is Oc1ccc2c(c1)Oc1ncn3nc(-c4ccncc4)nc3c1[C@H]2c1cccnc1. The molecule has 30 heavy (non-hydrogen) atoms. The second-order valence-corrected chi connectivity index (χ2v) is 6.95. The van der Waals surface area contributed by atoms with Crippen molar-refractivity contribution in [3.05, 3.63) is 90.3 Å². The number of phenols is 1. The number of rotatable bonds is 2. The molecule has 0 fully saturated rings. The van der Waals surface area contributed by atoms with Crippen LogP contribution in [0.4, 0.5) is 0 Å². The molecule has 5 aromatic rings. The van der Waals surface area contributed by atoms with Crippen molar-refractivity contribution in [2.75, 3.05) is 0 Å². The quantitative estimate of drug-likeness (QED) is 0.479. The molecule has 1 aromatic carbocycles. The predicted octanol–water partition coefficient (Wildman–Crippen LogP) is 3.57. The fourth-order valence-corrected chi connectivity index (χ4v) is 3.82. The zero-order valence-electron chi connectivity index (χ0n) is 15.5. The number of aromatic hydroxyl groups is 1. The first kappa shape index (κ1) is 16.6. The van der Waals surface area contributed by atoms with Gasteiger partial charge in [-0.2, -0.15) is 0 Å². The molecule has 1 atom stereocenters. The van der Waals surface area contributed by atoms with E-state index in [1.54, 1.807) is 41.6 Å². The summed E-state index contributed by atoms with van der Waals surface area (Å²) in [6.45, 7) is 0. The lowest BCUT2D eigenvalue weighted by Crippen LogP contribution is -2.15. The molecule has 0 amide bonds. The van der Waals surface area contributed by atoms with Crippen LogP contribution >= 0.6 is 0 Å². The molecular weight excluding hydrogens is 380 g/mol. The van der Waals surface area contributed by atoms with Gasteiger partial charge in [0.25, 0.3) is 0 Å². The van der Waals surface area contributed by atoms with Gasteiger partial charge in [0.15, 0.2) is 11.5 Å². The molecule has 0 saturated carbocycles. The summed E-state index contributed by atoms with van der Waals surface area (Å²) in [6.07, 6.45) is 8.55. The molecule has 5 heterocycles. The first-order valence-electron chi connectivity index (χ1n) is 9.34. The van der Waals surface area contributed by atoms with E-state index in [0.717, 1.165) is 22.3 Å².